The summed E-state index contributed by atoms with van der Waals surface area (Å²) in [5.41, 5.74) is -1.74. The lowest BCUT2D eigenvalue weighted by Crippen LogP contribution is -2.42. The van der Waals surface area contributed by atoms with E-state index in [9.17, 15) is 27.2 Å². The molecule has 2 amide bonds. The second-order valence-corrected chi connectivity index (χ2v) is 5.05. The van der Waals surface area contributed by atoms with Crippen molar-refractivity contribution in [3.05, 3.63) is 35.1 Å². The lowest BCUT2D eigenvalue weighted by molar-refractivity contribution is -0.141. The molecule has 0 bridgehead atoms. The number of hydrogen-bond acceptors (Lipinski definition) is 2. The van der Waals surface area contributed by atoms with Crippen molar-refractivity contribution in [1.82, 2.24) is 10.2 Å². The van der Waals surface area contributed by atoms with Crippen LogP contribution in [0.1, 0.15) is 24.0 Å². The first-order chi connectivity index (χ1) is 10.2. The molecule has 0 aliphatic carbocycles. The molecule has 1 atom stereocenters. The van der Waals surface area contributed by atoms with E-state index in [4.69, 9.17) is 0 Å². The number of rotatable bonds is 3. The minimum atomic E-state index is -4.84. The van der Waals surface area contributed by atoms with E-state index in [1.807, 2.05) is 0 Å². The molecule has 1 saturated heterocycles. The lowest BCUT2D eigenvalue weighted by atomic mass is 10.1. The van der Waals surface area contributed by atoms with Crippen molar-refractivity contribution in [2.24, 2.45) is 0 Å². The van der Waals surface area contributed by atoms with Gasteiger partial charge in [-0.3, -0.25) is 9.59 Å². The molecule has 0 spiro atoms. The van der Waals surface area contributed by atoms with Crippen LogP contribution in [0.2, 0.25) is 0 Å². The molecular weight excluding hydrogens is 304 g/mol. The van der Waals surface area contributed by atoms with Gasteiger partial charge >= 0.3 is 6.18 Å². The summed E-state index contributed by atoms with van der Waals surface area (Å²) in [4.78, 5) is 24.5. The fraction of sp³-hybridized carbons (Fsp3) is 0.429. The Bertz CT molecular complexity index is 601. The van der Waals surface area contributed by atoms with Gasteiger partial charge in [0, 0.05) is 20.0 Å². The van der Waals surface area contributed by atoms with Crippen LogP contribution in [-0.2, 0) is 22.3 Å². The number of hydrogen-bond donors (Lipinski definition) is 1. The molecule has 1 N–H and O–H groups in total. The van der Waals surface area contributed by atoms with Crippen molar-refractivity contribution >= 4 is 11.8 Å². The average molecular weight is 318 g/mol. The molecule has 0 aromatic heterocycles. The van der Waals surface area contributed by atoms with E-state index in [0.29, 0.717) is 6.42 Å². The lowest BCUT2D eigenvalue weighted by Gasteiger charge is -2.20. The number of halogens is 4. The Hall–Kier alpha value is -2.12. The molecule has 1 aliphatic rings. The van der Waals surface area contributed by atoms with Gasteiger partial charge in [-0.25, -0.2) is 4.39 Å². The van der Waals surface area contributed by atoms with Crippen LogP contribution in [0.5, 0.6) is 0 Å². The van der Waals surface area contributed by atoms with E-state index >= 15 is 0 Å². The van der Waals surface area contributed by atoms with E-state index in [0.717, 1.165) is 18.2 Å². The minimum Gasteiger partial charge on any atom is -0.350 e. The minimum absolute atomic E-state index is 0.193. The molecule has 1 aliphatic heterocycles. The molecule has 1 aromatic rings. The van der Waals surface area contributed by atoms with Gasteiger partial charge in [-0.1, -0.05) is 12.1 Å². The number of nitrogens with zero attached hydrogens (tertiary/aromatic N) is 1. The fourth-order valence-electron chi connectivity index (χ4n) is 2.44. The second kappa shape index (κ2) is 5.94. The number of carbonyl (C=O) groups is 2. The zero-order valence-electron chi connectivity index (χ0n) is 11.7. The topological polar surface area (TPSA) is 49.4 Å². The molecule has 0 saturated carbocycles. The van der Waals surface area contributed by atoms with Gasteiger partial charge in [0.2, 0.25) is 11.8 Å². The zero-order valence-corrected chi connectivity index (χ0v) is 11.7. The van der Waals surface area contributed by atoms with Crippen molar-refractivity contribution < 1.29 is 27.2 Å². The van der Waals surface area contributed by atoms with Gasteiger partial charge in [0.1, 0.15) is 11.9 Å². The van der Waals surface area contributed by atoms with Gasteiger partial charge in [0.15, 0.2) is 0 Å². The molecule has 1 heterocycles. The first kappa shape index (κ1) is 16.3. The number of likely N-dealkylation sites (N-methyl/N-ethyl adjacent to an activating group) is 1. The third-order valence-electron chi connectivity index (χ3n) is 3.63. The van der Waals surface area contributed by atoms with Crippen LogP contribution in [0.3, 0.4) is 0 Å². The van der Waals surface area contributed by atoms with E-state index in [-0.39, 0.29) is 17.9 Å². The molecule has 2 rings (SSSR count). The van der Waals surface area contributed by atoms with Crippen LogP contribution in [0.4, 0.5) is 17.6 Å². The van der Waals surface area contributed by atoms with Crippen LogP contribution in [-0.4, -0.2) is 29.8 Å². The Labute approximate surface area is 124 Å². The predicted molar refractivity (Wildman–Crippen MR) is 69.0 cm³/mol. The van der Waals surface area contributed by atoms with E-state index in [1.54, 1.807) is 0 Å². The summed E-state index contributed by atoms with van der Waals surface area (Å²) < 4.78 is 51.9. The molecule has 0 radical (unpaired) electrons. The molecule has 8 heteroatoms. The number of amides is 2. The Balaban J connectivity index is 2.11. The normalized spacial score (nSPS) is 18.7. The van der Waals surface area contributed by atoms with Crippen LogP contribution >= 0.6 is 0 Å². The van der Waals surface area contributed by atoms with Crippen molar-refractivity contribution in [3.63, 3.8) is 0 Å². The maximum Gasteiger partial charge on any atom is 0.419 e. The van der Waals surface area contributed by atoms with Crippen molar-refractivity contribution in [1.29, 1.82) is 0 Å². The smallest absolute Gasteiger partial charge is 0.350 e. The van der Waals surface area contributed by atoms with Crippen molar-refractivity contribution in [3.8, 4) is 0 Å². The van der Waals surface area contributed by atoms with Gasteiger partial charge in [0.05, 0.1) is 5.56 Å². The monoisotopic (exact) mass is 318 g/mol. The van der Waals surface area contributed by atoms with Crippen LogP contribution in [0.25, 0.3) is 0 Å². The number of benzene rings is 1. The molecule has 1 fully saturated rings. The predicted octanol–water partition coefficient (Wildman–Crippen LogP) is 2.08. The number of nitrogens with one attached hydrogen (secondary N) is 1. The number of carbonyl (C=O) groups excluding carboxylic acids is 2. The van der Waals surface area contributed by atoms with Crippen LogP contribution in [0.15, 0.2) is 18.2 Å². The van der Waals surface area contributed by atoms with E-state index in [1.165, 1.54) is 11.9 Å². The summed E-state index contributed by atoms with van der Waals surface area (Å²) in [7, 11) is 1.46. The van der Waals surface area contributed by atoms with Crippen LogP contribution in [0, 0.1) is 5.82 Å². The summed E-state index contributed by atoms with van der Waals surface area (Å²) in [5.74, 6) is -2.12. The molecule has 1 aromatic carbocycles. The quantitative estimate of drug-likeness (QED) is 0.868. The Morgan fingerprint density at radius 2 is 2.09 bits per heavy atom. The maximum atomic E-state index is 13.4. The third kappa shape index (κ3) is 3.20. The largest absolute Gasteiger partial charge is 0.419 e. The van der Waals surface area contributed by atoms with Gasteiger partial charge in [-0.05, 0) is 18.1 Å². The summed E-state index contributed by atoms with van der Waals surface area (Å²) in [6.45, 7) is -0.454. The Morgan fingerprint density at radius 1 is 1.41 bits per heavy atom. The van der Waals surface area contributed by atoms with E-state index in [2.05, 4.69) is 5.32 Å². The summed E-state index contributed by atoms with van der Waals surface area (Å²) in [6.07, 6.45) is -4.30. The van der Waals surface area contributed by atoms with Gasteiger partial charge < -0.3 is 10.2 Å². The second-order valence-electron chi connectivity index (χ2n) is 5.05. The first-order valence-corrected chi connectivity index (χ1v) is 6.59. The third-order valence-corrected chi connectivity index (χ3v) is 3.63. The van der Waals surface area contributed by atoms with Crippen molar-refractivity contribution in [2.75, 3.05) is 7.05 Å². The Kier molecular flexibility index (Phi) is 4.39. The molecule has 4 nitrogen and oxygen atoms in total. The maximum absolute atomic E-state index is 13.4. The van der Waals surface area contributed by atoms with Gasteiger partial charge in [-0.2, -0.15) is 13.2 Å². The Morgan fingerprint density at radius 3 is 2.64 bits per heavy atom. The first-order valence-electron chi connectivity index (χ1n) is 6.59. The van der Waals surface area contributed by atoms with Crippen molar-refractivity contribution in [2.45, 2.75) is 31.6 Å². The molecular formula is C14H14F4N2O2. The highest BCUT2D eigenvalue weighted by atomic mass is 19.4. The highest BCUT2D eigenvalue weighted by Crippen LogP contribution is 2.34. The average Bonchev–Trinajstić information content (AvgIpc) is 2.75. The number of alkyl halides is 3. The standard InChI is InChI=1S/C14H14F4N2O2/c1-20-10(5-6-11(20)21)13(22)19-7-8-3-2-4-9(15)12(8)14(16,17)18/h2-4,10H,5-7H2,1H3,(H,19,22)/t10-/m0/s1. The zero-order chi connectivity index (χ0) is 16.5. The highest BCUT2D eigenvalue weighted by molar-refractivity contribution is 5.90. The fourth-order valence-corrected chi connectivity index (χ4v) is 2.44. The highest BCUT2D eigenvalue weighted by Gasteiger charge is 2.37. The van der Waals surface area contributed by atoms with E-state index < -0.39 is 36.1 Å². The summed E-state index contributed by atoms with van der Waals surface area (Å²) in [6, 6.07) is 2.28. The SMILES string of the molecule is CN1C(=O)CC[C@H]1C(=O)NCc1cccc(F)c1C(F)(F)F. The molecule has 120 valence electrons. The summed E-state index contributed by atoms with van der Waals surface area (Å²) >= 11 is 0. The molecule has 22 heavy (non-hydrogen) atoms. The summed E-state index contributed by atoms with van der Waals surface area (Å²) in [5, 5.41) is 2.33. The van der Waals surface area contributed by atoms with Crippen LogP contribution < -0.4 is 5.32 Å². The van der Waals surface area contributed by atoms with Gasteiger partial charge in [-0.15, -0.1) is 0 Å². The number of likely N-dealkylation sites (tertiary alicyclic amines) is 1. The van der Waals surface area contributed by atoms with Gasteiger partial charge in [0.25, 0.3) is 0 Å². The molecule has 0 unspecified atom stereocenters.